The first-order chi connectivity index (χ1) is 13.7. The molecule has 0 unspecified atom stereocenters. The predicted molar refractivity (Wildman–Crippen MR) is 105 cm³/mol. The molecule has 6 heteroatoms. The Bertz CT molecular complexity index is 939. The summed E-state index contributed by atoms with van der Waals surface area (Å²) in [5, 5.41) is 4.13. The Labute approximate surface area is 164 Å². The van der Waals surface area contributed by atoms with E-state index in [4.69, 9.17) is 9.26 Å². The summed E-state index contributed by atoms with van der Waals surface area (Å²) >= 11 is 0. The molecule has 0 N–H and O–H groups in total. The fraction of sp³-hybridized carbons (Fsp3) is 0.318. The smallest absolute Gasteiger partial charge is 0.261 e. The van der Waals surface area contributed by atoms with Gasteiger partial charge in [0.25, 0.3) is 5.91 Å². The normalized spacial score (nSPS) is 16.8. The number of carbonyl (C=O) groups is 1. The summed E-state index contributed by atoms with van der Waals surface area (Å²) in [7, 11) is 0. The predicted octanol–water partition coefficient (Wildman–Crippen LogP) is 4.18. The number of ether oxygens (including phenoxy) is 1. The highest BCUT2D eigenvalue weighted by Gasteiger charge is 2.32. The fourth-order valence-electron chi connectivity index (χ4n) is 3.50. The van der Waals surface area contributed by atoms with Gasteiger partial charge in [-0.05, 0) is 44.4 Å². The molecule has 144 valence electrons. The van der Waals surface area contributed by atoms with Gasteiger partial charge >= 0.3 is 0 Å². The molecule has 1 aromatic heterocycles. The Morgan fingerprint density at radius 2 is 2.04 bits per heavy atom. The van der Waals surface area contributed by atoms with Crippen molar-refractivity contribution in [2.24, 2.45) is 0 Å². The number of rotatable bonds is 5. The van der Waals surface area contributed by atoms with E-state index in [9.17, 15) is 4.79 Å². The van der Waals surface area contributed by atoms with E-state index in [2.05, 4.69) is 10.1 Å². The molecule has 1 atom stereocenters. The zero-order valence-corrected chi connectivity index (χ0v) is 15.9. The molecule has 3 aromatic rings. The number of piperidine rings is 1. The molecule has 4 rings (SSSR count). The molecular weight excluding hydrogens is 354 g/mol. The molecule has 0 saturated carbocycles. The molecule has 2 aromatic carbocycles. The molecule has 6 nitrogen and oxygen atoms in total. The summed E-state index contributed by atoms with van der Waals surface area (Å²) < 4.78 is 11.2. The van der Waals surface area contributed by atoms with Gasteiger partial charge in [-0.3, -0.25) is 4.79 Å². The van der Waals surface area contributed by atoms with Crippen molar-refractivity contribution in [2.45, 2.75) is 32.2 Å². The van der Waals surface area contributed by atoms with Crippen LogP contribution in [0.4, 0.5) is 0 Å². The zero-order chi connectivity index (χ0) is 19.3. The summed E-state index contributed by atoms with van der Waals surface area (Å²) in [6.07, 6.45) is 2.80. The van der Waals surface area contributed by atoms with Crippen molar-refractivity contribution in [3.8, 4) is 17.1 Å². The van der Waals surface area contributed by atoms with Crippen LogP contribution in [0.5, 0.6) is 5.75 Å². The molecule has 1 fully saturated rings. The Balaban J connectivity index is 1.48. The number of hydrogen-bond acceptors (Lipinski definition) is 5. The molecule has 0 aliphatic carbocycles. The zero-order valence-electron chi connectivity index (χ0n) is 15.9. The SMILES string of the molecule is Cc1cccc(-c2noc([C@@H]3CCCCN3C(=O)COc3ccccc3)n2)c1. The topological polar surface area (TPSA) is 68.5 Å². The van der Waals surface area contributed by atoms with E-state index in [1.165, 1.54) is 0 Å². The van der Waals surface area contributed by atoms with Gasteiger partial charge in [-0.15, -0.1) is 0 Å². The minimum Gasteiger partial charge on any atom is -0.484 e. The largest absolute Gasteiger partial charge is 0.484 e. The molecule has 1 aliphatic rings. The van der Waals surface area contributed by atoms with Crippen molar-refractivity contribution in [3.05, 3.63) is 66.1 Å². The third-order valence-electron chi connectivity index (χ3n) is 4.93. The molecule has 2 heterocycles. The van der Waals surface area contributed by atoms with Crippen LogP contribution in [-0.2, 0) is 4.79 Å². The number of aryl methyl sites for hydroxylation is 1. The second-order valence-electron chi connectivity index (χ2n) is 7.03. The monoisotopic (exact) mass is 377 g/mol. The molecule has 0 spiro atoms. The van der Waals surface area contributed by atoms with Crippen molar-refractivity contribution in [1.29, 1.82) is 0 Å². The van der Waals surface area contributed by atoms with E-state index < -0.39 is 0 Å². The van der Waals surface area contributed by atoms with Crippen LogP contribution in [0.3, 0.4) is 0 Å². The Hall–Kier alpha value is -3.15. The number of likely N-dealkylation sites (tertiary alicyclic amines) is 1. The summed E-state index contributed by atoms with van der Waals surface area (Å²) in [5.41, 5.74) is 2.05. The number of benzene rings is 2. The Morgan fingerprint density at radius 1 is 1.18 bits per heavy atom. The highest BCUT2D eigenvalue weighted by atomic mass is 16.5. The molecule has 0 radical (unpaired) electrons. The van der Waals surface area contributed by atoms with Crippen LogP contribution < -0.4 is 4.74 Å². The number of amides is 1. The summed E-state index contributed by atoms with van der Waals surface area (Å²) in [6, 6.07) is 17.1. The van der Waals surface area contributed by atoms with E-state index in [0.717, 1.165) is 30.4 Å². The molecule has 1 aliphatic heterocycles. The van der Waals surface area contributed by atoms with Crippen molar-refractivity contribution in [3.63, 3.8) is 0 Å². The average Bonchev–Trinajstić information content (AvgIpc) is 3.23. The van der Waals surface area contributed by atoms with Crippen LogP contribution in [-0.4, -0.2) is 34.1 Å². The standard InChI is InChI=1S/C22H23N3O3/c1-16-8-7-9-17(14-16)21-23-22(28-24-21)19-12-5-6-13-25(19)20(26)15-27-18-10-3-2-4-11-18/h2-4,7-11,14,19H,5-6,12-13,15H2,1H3/t19-/m0/s1. The molecule has 0 bridgehead atoms. The van der Waals surface area contributed by atoms with Gasteiger partial charge in [0.05, 0.1) is 0 Å². The second-order valence-corrected chi connectivity index (χ2v) is 7.03. The highest BCUT2D eigenvalue weighted by Crippen LogP contribution is 2.31. The van der Waals surface area contributed by atoms with Gasteiger partial charge in [0.2, 0.25) is 11.7 Å². The van der Waals surface area contributed by atoms with Gasteiger partial charge in [-0.2, -0.15) is 4.98 Å². The fourth-order valence-corrected chi connectivity index (χ4v) is 3.50. The number of carbonyl (C=O) groups excluding carboxylic acids is 1. The first kappa shape index (κ1) is 18.2. The van der Waals surface area contributed by atoms with E-state index in [1.54, 1.807) is 4.90 Å². The lowest BCUT2D eigenvalue weighted by molar-refractivity contribution is -0.138. The van der Waals surface area contributed by atoms with Crippen LogP contribution in [0.2, 0.25) is 0 Å². The van der Waals surface area contributed by atoms with Gasteiger partial charge in [-0.1, -0.05) is 47.1 Å². The Morgan fingerprint density at radius 3 is 2.86 bits per heavy atom. The van der Waals surface area contributed by atoms with Crippen molar-refractivity contribution >= 4 is 5.91 Å². The Kier molecular flexibility index (Phi) is 5.37. The second kappa shape index (κ2) is 8.25. The van der Waals surface area contributed by atoms with E-state index in [1.807, 2.05) is 61.5 Å². The van der Waals surface area contributed by atoms with E-state index >= 15 is 0 Å². The third kappa shape index (κ3) is 4.06. The van der Waals surface area contributed by atoms with Gasteiger partial charge in [0, 0.05) is 12.1 Å². The quantitative estimate of drug-likeness (QED) is 0.667. The van der Waals surface area contributed by atoms with Crippen molar-refractivity contribution < 1.29 is 14.1 Å². The van der Waals surface area contributed by atoms with Crippen LogP contribution in [0.1, 0.15) is 36.8 Å². The number of aromatic nitrogens is 2. The maximum absolute atomic E-state index is 12.8. The van der Waals surface area contributed by atoms with E-state index in [0.29, 0.717) is 24.0 Å². The maximum Gasteiger partial charge on any atom is 0.261 e. The van der Waals surface area contributed by atoms with Gasteiger partial charge in [0.1, 0.15) is 11.8 Å². The number of hydrogen-bond donors (Lipinski definition) is 0. The lowest BCUT2D eigenvalue weighted by Crippen LogP contribution is -2.41. The van der Waals surface area contributed by atoms with Crippen LogP contribution in [0, 0.1) is 6.92 Å². The van der Waals surface area contributed by atoms with Crippen LogP contribution in [0.25, 0.3) is 11.4 Å². The highest BCUT2D eigenvalue weighted by molar-refractivity contribution is 5.78. The van der Waals surface area contributed by atoms with Gasteiger partial charge in [0.15, 0.2) is 6.61 Å². The summed E-state index contributed by atoms with van der Waals surface area (Å²) in [5.74, 6) is 1.66. The first-order valence-corrected chi connectivity index (χ1v) is 9.59. The number of para-hydroxylation sites is 1. The molecule has 1 amide bonds. The molecular formula is C22H23N3O3. The van der Waals surface area contributed by atoms with E-state index in [-0.39, 0.29) is 18.6 Å². The minimum absolute atomic E-state index is 0.000608. The lowest BCUT2D eigenvalue weighted by Gasteiger charge is -2.33. The maximum atomic E-state index is 12.8. The molecule has 28 heavy (non-hydrogen) atoms. The van der Waals surface area contributed by atoms with Gasteiger partial charge in [-0.25, -0.2) is 0 Å². The van der Waals surface area contributed by atoms with Crippen molar-refractivity contribution in [2.75, 3.05) is 13.2 Å². The third-order valence-corrected chi connectivity index (χ3v) is 4.93. The molecule has 1 saturated heterocycles. The minimum atomic E-state index is -0.202. The van der Waals surface area contributed by atoms with Crippen molar-refractivity contribution in [1.82, 2.24) is 15.0 Å². The summed E-state index contributed by atoms with van der Waals surface area (Å²) in [4.78, 5) is 19.2. The lowest BCUT2D eigenvalue weighted by atomic mass is 10.0. The first-order valence-electron chi connectivity index (χ1n) is 9.59. The van der Waals surface area contributed by atoms with Gasteiger partial charge < -0.3 is 14.2 Å². The summed E-state index contributed by atoms with van der Waals surface area (Å²) in [6.45, 7) is 2.70. The van der Waals surface area contributed by atoms with Crippen LogP contribution in [0.15, 0.2) is 59.1 Å². The van der Waals surface area contributed by atoms with Crippen LogP contribution >= 0.6 is 0 Å². The number of nitrogens with zero attached hydrogens (tertiary/aromatic N) is 3. The average molecular weight is 377 g/mol.